The topological polar surface area (TPSA) is 54.6 Å². The molecule has 1 aliphatic carbocycles. The number of ether oxygens (including phenoxy) is 1. The van der Waals surface area contributed by atoms with Crippen molar-refractivity contribution < 1.29 is 4.74 Å². The van der Waals surface area contributed by atoms with Gasteiger partial charge in [0.25, 0.3) is 0 Å². The van der Waals surface area contributed by atoms with E-state index in [9.17, 15) is 0 Å². The van der Waals surface area contributed by atoms with Gasteiger partial charge in [0.15, 0.2) is 0 Å². The minimum Gasteiger partial charge on any atom is -0.476 e. The van der Waals surface area contributed by atoms with Crippen molar-refractivity contribution in [1.82, 2.24) is 9.88 Å². The van der Waals surface area contributed by atoms with Gasteiger partial charge in [0.05, 0.1) is 12.3 Å². The van der Waals surface area contributed by atoms with Crippen LogP contribution >= 0.6 is 0 Å². The molecule has 0 amide bonds. The van der Waals surface area contributed by atoms with Gasteiger partial charge in [-0.05, 0) is 58.8 Å². The van der Waals surface area contributed by atoms with Gasteiger partial charge in [-0.3, -0.25) is 0 Å². The molecule has 1 atom stereocenters. The van der Waals surface area contributed by atoms with E-state index in [1.54, 1.807) is 0 Å². The predicted molar refractivity (Wildman–Crippen MR) is 87.9 cm³/mol. The fraction of sp³-hybridized carbons (Fsp3) is 0.688. The van der Waals surface area contributed by atoms with E-state index in [2.05, 4.69) is 42.7 Å². The van der Waals surface area contributed by atoms with Crippen molar-refractivity contribution in [3.63, 3.8) is 0 Å². The van der Waals surface area contributed by atoms with Crippen molar-refractivity contribution in [2.45, 2.75) is 32.7 Å². The van der Waals surface area contributed by atoms with Gasteiger partial charge in [0.1, 0.15) is 5.82 Å². The van der Waals surface area contributed by atoms with E-state index in [4.69, 9.17) is 10.5 Å². The minimum atomic E-state index is 0.386. The summed E-state index contributed by atoms with van der Waals surface area (Å²) in [5, 5.41) is 0. The van der Waals surface area contributed by atoms with Crippen LogP contribution in [-0.4, -0.2) is 49.7 Å². The Bertz CT molecular complexity index is 460. The van der Waals surface area contributed by atoms with Crippen molar-refractivity contribution in [3.05, 3.63) is 12.1 Å². The Morgan fingerprint density at radius 1 is 1.38 bits per heavy atom. The average Bonchev–Trinajstić information content (AvgIpc) is 3.23. The molecule has 1 unspecified atom stereocenters. The third-order valence-electron chi connectivity index (χ3n) is 3.82. The van der Waals surface area contributed by atoms with E-state index < -0.39 is 0 Å². The number of nitrogens with zero attached hydrogens (tertiary/aromatic N) is 3. The maximum Gasteiger partial charge on any atom is 0.239 e. The first kappa shape index (κ1) is 15.9. The molecule has 0 aliphatic heterocycles. The Labute approximate surface area is 128 Å². The number of hydrogen-bond acceptors (Lipinski definition) is 5. The molecule has 2 N–H and O–H groups in total. The number of likely N-dealkylation sites (N-methyl/N-ethyl adjacent to an activating group) is 2. The van der Waals surface area contributed by atoms with E-state index >= 15 is 0 Å². The Morgan fingerprint density at radius 3 is 2.67 bits per heavy atom. The lowest BCUT2D eigenvalue weighted by Crippen LogP contribution is -2.40. The van der Waals surface area contributed by atoms with Gasteiger partial charge in [0, 0.05) is 19.1 Å². The Morgan fingerprint density at radius 2 is 2.10 bits per heavy atom. The van der Waals surface area contributed by atoms with Crippen LogP contribution in [0.25, 0.3) is 0 Å². The van der Waals surface area contributed by atoms with Crippen LogP contribution in [0.4, 0.5) is 11.5 Å². The number of nitrogens with two attached hydrogens (primary N) is 1. The van der Waals surface area contributed by atoms with E-state index in [0.717, 1.165) is 25.5 Å². The molecule has 1 aromatic heterocycles. The second kappa shape index (κ2) is 6.98. The van der Waals surface area contributed by atoms with Gasteiger partial charge in [-0.15, -0.1) is 0 Å². The van der Waals surface area contributed by atoms with Crippen LogP contribution < -0.4 is 15.4 Å². The zero-order valence-electron chi connectivity index (χ0n) is 13.7. The highest BCUT2D eigenvalue weighted by atomic mass is 16.5. The predicted octanol–water partition coefficient (Wildman–Crippen LogP) is 2.23. The second-order valence-corrected chi connectivity index (χ2v) is 6.22. The second-order valence-electron chi connectivity index (χ2n) is 6.22. The van der Waals surface area contributed by atoms with Gasteiger partial charge in [-0.1, -0.05) is 0 Å². The fourth-order valence-electron chi connectivity index (χ4n) is 2.52. The van der Waals surface area contributed by atoms with Crippen molar-refractivity contribution in [2.24, 2.45) is 5.92 Å². The molecule has 0 saturated heterocycles. The summed E-state index contributed by atoms with van der Waals surface area (Å²) in [6.45, 7) is 6.99. The normalized spacial score (nSPS) is 16.0. The van der Waals surface area contributed by atoms with Gasteiger partial charge < -0.3 is 20.3 Å². The number of pyridine rings is 1. The molecule has 5 nitrogen and oxygen atoms in total. The molecule has 0 spiro atoms. The zero-order chi connectivity index (χ0) is 15.4. The summed E-state index contributed by atoms with van der Waals surface area (Å²) in [6, 6.07) is 4.27. The van der Waals surface area contributed by atoms with Crippen LogP contribution in [0.15, 0.2) is 12.1 Å². The lowest BCUT2D eigenvalue weighted by molar-refractivity contribution is 0.290. The molecule has 1 aromatic rings. The van der Waals surface area contributed by atoms with Gasteiger partial charge in [-0.25, -0.2) is 0 Å². The van der Waals surface area contributed by atoms with Crippen LogP contribution in [0, 0.1) is 5.92 Å². The summed E-state index contributed by atoms with van der Waals surface area (Å²) in [4.78, 5) is 9.10. The highest BCUT2D eigenvalue weighted by Gasteiger charge is 2.23. The van der Waals surface area contributed by atoms with E-state index in [1.165, 1.54) is 12.8 Å². The van der Waals surface area contributed by atoms with Crippen LogP contribution in [0.2, 0.25) is 0 Å². The van der Waals surface area contributed by atoms with Gasteiger partial charge in [-0.2, -0.15) is 4.98 Å². The lowest BCUT2D eigenvalue weighted by Gasteiger charge is -2.31. The van der Waals surface area contributed by atoms with Crippen molar-refractivity contribution in [2.75, 3.05) is 44.4 Å². The molecule has 1 fully saturated rings. The molecule has 0 radical (unpaired) electrons. The van der Waals surface area contributed by atoms with Crippen molar-refractivity contribution >= 4 is 11.5 Å². The number of aromatic nitrogens is 1. The smallest absolute Gasteiger partial charge is 0.239 e. The lowest BCUT2D eigenvalue weighted by atomic mass is 10.2. The van der Waals surface area contributed by atoms with Crippen LogP contribution in [0.1, 0.15) is 26.7 Å². The Balaban J connectivity index is 2.10. The molecular weight excluding hydrogens is 264 g/mol. The van der Waals surface area contributed by atoms with Crippen LogP contribution in [-0.2, 0) is 0 Å². The molecule has 2 rings (SSSR count). The quantitative estimate of drug-likeness (QED) is 0.796. The summed E-state index contributed by atoms with van der Waals surface area (Å²) in [6.07, 6.45) is 2.53. The minimum absolute atomic E-state index is 0.386. The number of hydrogen-bond donors (Lipinski definition) is 1. The van der Waals surface area contributed by atoms with Crippen LogP contribution in [0.5, 0.6) is 5.88 Å². The molecule has 0 aromatic carbocycles. The molecule has 5 heteroatoms. The molecule has 0 bridgehead atoms. The SMILES string of the molecule is CCN(c1ccc(N)c(OCC2CC2)n1)C(C)CN(C)C. The summed E-state index contributed by atoms with van der Waals surface area (Å²) in [5.41, 5.74) is 6.60. The van der Waals surface area contributed by atoms with E-state index in [0.29, 0.717) is 23.5 Å². The summed E-state index contributed by atoms with van der Waals surface area (Å²) in [7, 11) is 4.18. The monoisotopic (exact) mass is 292 g/mol. The molecular formula is C16H28N4O. The zero-order valence-corrected chi connectivity index (χ0v) is 13.7. The molecule has 1 aliphatic rings. The maximum absolute atomic E-state index is 5.98. The highest BCUT2D eigenvalue weighted by molar-refractivity contribution is 5.55. The molecule has 118 valence electrons. The number of nitrogen functional groups attached to an aromatic ring is 1. The molecule has 1 heterocycles. The first-order valence-electron chi connectivity index (χ1n) is 7.82. The van der Waals surface area contributed by atoms with Gasteiger partial charge in [0.2, 0.25) is 5.88 Å². The molecule has 1 saturated carbocycles. The Hall–Kier alpha value is -1.49. The standard InChI is InChI=1S/C16H28N4O/c1-5-20(12(2)10-19(3)4)15-9-8-14(17)16(18-15)21-11-13-6-7-13/h8-9,12-13H,5-7,10-11,17H2,1-4H3. The number of rotatable bonds is 8. The third kappa shape index (κ3) is 4.49. The number of anilines is 2. The highest BCUT2D eigenvalue weighted by Crippen LogP contribution is 2.31. The summed E-state index contributed by atoms with van der Waals surface area (Å²) >= 11 is 0. The fourth-order valence-corrected chi connectivity index (χ4v) is 2.52. The summed E-state index contributed by atoms with van der Waals surface area (Å²) in [5.74, 6) is 2.21. The maximum atomic E-state index is 5.98. The van der Waals surface area contributed by atoms with Crippen LogP contribution in [0.3, 0.4) is 0 Å². The third-order valence-corrected chi connectivity index (χ3v) is 3.82. The largest absolute Gasteiger partial charge is 0.476 e. The van der Waals surface area contributed by atoms with Crippen molar-refractivity contribution in [3.8, 4) is 5.88 Å². The average molecular weight is 292 g/mol. The summed E-state index contributed by atoms with van der Waals surface area (Å²) < 4.78 is 5.78. The van der Waals surface area contributed by atoms with Crippen molar-refractivity contribution in [1.29, 1.82) is 0 Å². The first-order chi connectivity index (χ1) is 10.0. The first-order valence-corrected chi connectivity index (χ1v) is 7.82. The van der Waals surface area contributed by atoms with Gasteiger partial charge >= 0.3 is 0 Å². The molecule has 21 heavy (non-hydrogen) atoms. The van der Waals surface area contributed by atoms with E-state index in [1.807, 2.05) is 12.1 Å². The Kier molecular flexibility index (Phi) is 5.28. The van der Waals surface area contributed by atoms with E-state index in [-0.39, 0.29) is 0 Å².